The number of nitrogens with zero attached hydrogens (tertiary/aromatic N) is 1. The van der Waals surface area contributed by atoms with Crippen molar-refractivity contribution in [1.82, 2.24) is 5.43 Å². The van der Waals surface area contributed by atoms with Crippen LogP contribution in [0.15, 0.2) is 54.2 Å². The third-order valence-electron chi connectivity index (χ3n) is 3.37. The molecule has 0 unspecified atom stereocenters. The molecule has 0 aliphatic carbocycles. The van der Waals surface area contributed by atoms with E-state index >= 15 is 0 Å². The van der Waals surface area contributed by atoms with Crippen molar-refractivity contribution in [1.29, 1.82) is 0 Å². The number of phenols is 1. The van der Waals surface area contributed by atoms with Gasteiger partial charge in [-0.15, -0.1) is 0 Å². The predicted molar refractivity (Wildman–Crippen MR) is 98.4 cm³/mol. The lowest BCUT2D eigenvalue weighted by molar-refractivity contribution is 0.0954. The van der Waals surface area contributed by atoms with Gasteiger partial charge in [0, 0.05) is 5.56 Å². The normalized spacial score (nSPS) is 10.4. The van der Waals surface area contributed by atoms with Crippen molar-refractivity contribution in [3.8, 4) is 23.0 Å². The number of carbonyl (C=O) groups is 1. The van der Waals surface area contributed by atoms with Gasteiger partial charge < -0.3 is 19.3 Å². The van der Waals surface area contributed by atoms with E-state index < -0.39 is 5.91 Å². The van der Waals surface area contributed by atoms with Crippen LogP contribution in [0.2, 0.25) is 0 Å². The molecule has 0 saturated heterocycles. The summed E-state index contributed by atoms with van der Waals surface area (Å²) in [6.45, 7) is 3.92. The topological polar surface area (TPSA) is 89.4 Å². The van der Waals surface area contributed by atoms with Gasteiger partial charge in [0.15, 0.2) is 23.0 Å². The maximum absolute atomic E-state index is 12.2. The number of phenolic OH excluding ortho intramolecular Hbond substituents is 1. The minimum Gasteiger partial charge on any atom is -0.504 e. The lowest BCUT2D eigenvalue weighted by Crippen LogP contribution is -2.17. The monoisotopic (exact) mass is 356 g/mol. The molecule has 2 aromatic carbocycles. The third-order valence-corrected chi connectivity index (χ3v) is 3.37. The largest absolute Gasteiger partial charge is 0.504 e. The second-order valence-corrected chi connectivity index (χ2v) is 5.10. The van der Waals surface area contributed by atoms with Gasteiger partial charge in [0.25, 0.3) is 5.91 Å². The van der Waals surface area contributed by atoms with Gasteiger partial charge >= 0.3 is 0 Å². The molecule has 0 aromatic heterocycles. The van der Waals surface area contributed by atoms with Crippen molar-refractivity contribution in [2.24, 2.45) is 5.10 Å². The molecule has 7 nitrogen and oxygen atoms in total. The van der Waals surface area contributed by atoms with Crippen LogP contribution in [0.5, 0.6) is 23.0 Å². The number of benzene rings is 2. The standard InChI is InChI=1S/C19H20N2O5/c1-4-9-26-16-8-6-14(11-18(16)25-3)19(23)21-20-12-13-5-7-15(22)17(10-13)24-2/h4-8,10-12,22H,1,9H2,2-3H3,(H,21,23)/b20-12+. The average Bonchev–Trinajstić information content (AvgIpc) is 2.67. The number of rotatable bonds is 8. The molecule has 7 heteroatoms. The van der Waals surface area contributed by atoms with E-state index in [2.05, 4.69) is 17.1 Å². The minimum absolute atomic E-state index is 0.0274. The molecule has 0 radical (unpaired) electrons. The summed E-state index contributed by atoms with van der Waals surface area (Å²) in [5.74, 6) is 0.899. The van der Waals surface area contributed by atoms with E-state index in [1.807, 2.05) is 0 Å². The van der Waals surface area contributed by atoms with E-state index in [9.17, 15) is 9.90 Å². The molecule has 0 aliphatic heterocycles. The molecular formula is C19H20N2O5. The van der Waals surface area contributed by atoms with E-state index in [4.69, 9.17) is 14.2 Å². The van der Waals surface area contributed by atoms with Crippen LogP contribution in [-0.2, 0) is 0 Å². The highest BCUT2D eigenvalue weighted by atomic mass is 16.5. The smallest absolute Gasteiger partial charge is 0.271 e. The molecule has 0 atom stereocenters. The first-order chi connectivity index (χ1) is 12.6. The number of amides is 1. The summed E-state index contributed by atoms with van der Waals surface area (Å²) >= 11 is 0. The Labute approximate surface area is 151 Å². The number of carbonyl (C=O) groups excluding carboxylic acids is 1. The molecule has 1 amide bonds. The predicted octanol–water partition coefficient (Wildman–Crippen LogP) is 2.74. The highest BCUT2D eigenvalue weighted by Gasteiger charge is 2.10. The van der Waals surface area contributed by atoms with Crippen LogP contribution in [0.1, 0.15) is 15.9 Å². The zero-order chi connectivity index (χ0) is 18.9. The summed E-state index contributed by atoms with van der Waals surface area (Å²) in [7, 11) is 2.95. The van der Waals surface area contributed by atoms with Crippen molar-refractivity contribution < 1.29 is 24.1 Å². The zero-order valence-corrected chi connectivity index (χ0v) is 14.6. The van der Waals surface area contributed by atoms with Gasteiger partial charge in [0.05, 0.1) is 20.4 Å². The summed E-state index contributed by atoms with van der Waals surface area (Å²) in [5.41, 5.74) is 3.45. The van der Waals surface area contributed by atoms with E-state index in [0.29, 0.717) is 35.0 Å². The van der Waals surface area contributed by atoms with Crippen molar-refractivity contribution >= 4 is 12.1 Å². The van der Waals surface area contributed by atoms with E-state index in [-0.39, 0.29) is 5.75 Å². The average molecular weight is 356 g/mol. The third kappa shape index (κ3) is 4.76. The van der Waals surface area contributed by atoms with Crippen molar-refractivity contribution in [3.05, 3.63) is 60.2 Å². The molecule has 0 bridgehead atoms. The Bertz CT molecular complexity index is 818. The Hall–Kier alpha value is -3.48. The maximum atomic E-state index is 12.2. The SMILES string of the molecule is C=CCOc1ccc(C(=O)N/N=C/c2ccc(O)c(OC)c2)cc1OC. The number of hydrogen-bond donors (Lipinski definition) is 2. The van der Waals surface area contributed by atoms with Crippen LogP contribution in [0, 0.1) is 0 Å². The number of methoxy groups -OCH3 is 2. The van der Waals surface area contributed by atoms with E-state index in [1.165, 1.54) is 26.5 Å². The molecule has 136 valence electrons. The van der Waals surface area contributed by atoms with Gasteiger partial charge in [-0.25, -0.2) is 5.43 Å². The molecule has 2 aromatic rings. The second-order valence-electron chi connectivity index (χ2n) is 5.10. The van der Waals surface area contributed by atoms with Gasteiger partial charge in [-0.05, 0) is 42.0 Å². The van der Waals surface area contributed by atoms with Gasteiger partial charge in [-0.1, -0.05) is 12.7 Å². The number of nitrogens with one attached hydrogen (secondary N) is 1. The zero-order valence-electron chi connectivity index (χ0n) is 14.6. The molecule has 2 rings (SSSR count). The number of aromatic hydroxyl groups is 1. The molecule has 0 heterocycles. The lowest BCUT2D eigenvalue weighted by Gasteiger charge is -2.10. The Kier molecular flexibility index (Phi) is 6.61. The second kappa shape index (κ2) is 9.12. The quantitative estimate of drug-likeness (QED) is 0.431. The first-order valence-electron chi connectivity index (χ1n) is 7.71. The van der Waals surface area contributed by atoms with E-state index in [1.54, 1.807) is 36.4 Å². The molecule has 26 heavy (non-hydrogen) atoms. The van der Waals surface area contributed by atoms with Gasteiger partial charge in [-0.3, -0.25) is 4.79 Å². The summed E-state index contributed by atoms with van der Waals surface area (Å²) in [6.07, 6.45) is 3.06. The van der Waals surface area contributed by atoms with Crippen LogP contribution in [0.3, 0.4) is 0 Å². The minimum atomic E-state index is -0.402. The Morgan fingerprint density at radius 1 is 1.15 bits per heavy atom. The molecule has 2 N–H and O–H groups in total. The Morgan fingerprint density at radius 2 is 1.92 bits per heavy atom. The first-order valence-corrected chi connectivity index (χ1v) is 7.71. The van der Waals surface area contributed by atoms with Crippen LogP contribution in [0.4, 0.5) is 0 Å². The molecule has 0 spiro atoms. The van der Waals surface area contributed by atoms with Crippen LogP contribution in [-0.4, -0.2) is 38.1 Å². The highest BCUT2D eigenvalue weighted by Crippen LogP contribution is 2.28. The molecule has 0 saturated carbocycles. The number of hydrazone groups is 1. The van der Waals surface area contributed by atoms with Crippen LogP contribution in [0.25, 0.3) is 0 Å². The van der Waals surface area contributed by atoms with E-state index in [0.717, 1.165) is 0 Å². The fraction of sp³-hybridized carbons (Fsp3) is 0.158. The molecule has 0 aliphatic rings. The van der Waals surface area contributed by atoms with Gasteiger partial charge in [0.1, 0.15) is 6.61 Å². The summed E-state index contributed by atoms with van der Waals surface area (Å²) in [6, 6.07) is 9.53. The Balaban J connectivity index is 2.06. The van der Waals surface area contributed by atoms with Gasteiger partial charge in [0.2, 0.25) is 0 Å². The van der Waals surface area contributed by atoms with Crippen molar-refractivity contribution in [2.75, 3.05) is 20.8 Å². The van der Waals surface area contributed by atoms with Crippen LogP contribution >= 0.6 is 0 Å². The summed E-state index contributed by atoms with van der Waals surface area (Å²) < 4.78 is 15.7. The van der Waals surface area contributed by atoms with Crippen molar-refractivity contribution in [3.63, 3.8) is 0 Å². The highest BCUT2D eigenvalue weighted by molar-refractivity contribution is 5.95. The Morgan fingerprint density at radius 3 is 2.62 bits per heavy atom. The lowest BCUT2D eigenvalue weighted by atomic mass is 10.2. The fourth-order valence-electron chi connectivity index (χ4n) is 2.08. The fourth-order valence-corrected chi connectivity index (χ4v) is 2.08. The van der Waals surface area contributed by atoms with Gasteiger partial charge in [-0.2, -0.15) is 5.10 Å². The molecule has 0 fully saturated rings. The summed E-state index contributed by atoms with van der Waals surface area (Å²) in [4.78, 5) is 12.2. The first kappa shape index (κ1) is 18.9. The van der Waals surface area contributed by atoms with Crippen molar-refractivity contribution in [2.45, 2.75) is 0 Å². The maximum Gasteiger partial charge on any atom is 0.271 e. The molecular weight excluding hydrogens is 336 g/mol. The summed E-state index contributed by atoms with van der Waals surface area (Å²) in [5, 5.41) is 13.5. The van der Waals surface area contributed by atoms with Crippen LogP contribution < -0.4 is 19.6 Å². The number of hydrogen-bond acceptors (Lipinski definition) is 6. The number of ether oxygens (including phenoxy) is 3.